The van der Waals surface area contributed by atoms with Gasteiger partial charge < -0.3 is 69.5 Å². The van der Waals surface area contributed by atoms with Gasteiger partial charge in [-0.3, -0.25) is 9.69 Å². The van der Waals surface area contributed by atoms with Crippen LogP contribution in [0.4, 0.5) is 4.79 Å². The summed E-state index contributed by atoms with van der Waals surface area (Å²) in [5, 5.41) is 66.3. The van der Waals surface area contributed by atoms with E-state index in [0.29, 0.717) is 6.42 Å². The summed E-state index contributed by atoms with van der Waals surface area (Å²) in [6.07, 6.45) is -9.28. The van der Waals surface area contributed by atoms with Gasteiger partial charge in [-0.2, -0.15) is 0 Å². The fourth-order valence-electron chi connectivity index (χ4n) is 11.0. The van der Waals surface area contributed by atoms with Gasteiger partial charge in [0.15, 0.2) is 12.6 Å². The van der Waals surface area contributed by atoms with Gasteiger partial charge in [-0.1, -0.05) is 81.4 Å². The molecule has 0 aromatic heterocycles. The molecule has 2 aromatic rings. The van der Waals surface area contributed by atoms with Gasteiger partial charge in [-0.15, -0.1) is 0 Å². The van der Waals surface area contributed by atoms with Gasteiger partial charge in [0.1, 0.15) is 30.0 Å². The first-order chi connectivity index (χ1) is 32.8. The molecule has 7 N–H and O–H groups in total. The van der Waals surface area contributed by atoms with E-state index >= 15 is 0 Å². The summed E-state index contributed by atoms with van der Waals surface area (Å²) < 4.78 is 38.2. The minimum absolute atomic E-state index is 0.0921. The monoisotopic (exact) mass is 987 g/mol. The number of carbonyl (C=O) groups is 2. The van der Waals surface area contributed by atoms with E-state index in [4.69, 9.17) is 28.4 Å². The number of cyclic esters (lactones) is 1. The lowest BCUT2D eigenvalue weighted by Crippen LogP contribution is -2.60. The Labute approximate surface area is 416 Å². The number of aliphatic hydroxyl groups excluding tert-OH is 3. The van der Waals surface area contributed by atoms with Gasteiger partial charge in [0.05, 0.1) is 47.6 Å². The van der Waals surface area contributed by atoms with E-state index in [1.54, 1.807) is 48.5 Å². The zero-order chi connectivity index (χ0) is 51.9. The summed E-state index contributed by atoms with van der Waals surface area (Å²) in [5.41, 5.74) is -2.90. The SMILES string of the molecule is CC[C@H]1OC(=O)[C@H](C)[C@H](O[C@@H]2C[C@@](C)(OC)[C@@H](O)[C@H](C)O2)[C@@H](C)[C@H](O[C@@H]2O[C@H](C)C[C@H](N(C)C)[C@H]2O)[C@](C)(O)C[C@@H](C)CN(CCNC(=O)NC(c2ccccc2)c2ccccc2)[C@H](C)[C@@H](O)[C@]1(C)O. The molecule has 3 saturated heterocycles. The number of carbonyl (C=O) groups excluding carboxylic acids is 2. The number of ether oxygens (including phenoxy) is 6. The lowest BCUT2D eigenvalue weighted by Gasteiger charge is -2.48. The Bertz CT molecular complexity index is 1890. The van der Waals surface area contributed by atoms with Crippen LogP contribution in [0.5, 0.6) is 0 Å². The molecule has 2 amide bonds. The first-order valence-electron chi connectivity index (χ1n) is 25.3. The number of rotatable bonds is 13. The van der Waals surface area contributed by atoms with E-state index in [1.165, 1.54) is 14.0 Å². The summed E-state index contributed by atoms with van der Waals surface area (Å²) in [5.74, 6) is -2.97. The first-order valence-corrected chi connectivity index (χ1v) is 25.3. The van der Waals surface area contributed by atoms with Crippen molar-refractivity contribution in [1.29, 1.82) is 0 Å². The summed E-state index contributed by atoms with van der Waals surface area (Å²) in [6, 6.07) is 17.4. The Hall–Kier alpha value is -3.30. The average Bonchev–Trinajstić information content (AvgIpc) is 3.31. The molecule has 0 aliphatic carbocycles. The lowest BCUT2D eigenvalue weighted by atomic mass is 9.77. The third-order valence-corrected chi connectivity index (χ3v) is 15.3. The normalized spacial score (nSPS) is 39.7. The van der Waals surface area contributed by atoms with Gasteiger partial charge in [0, 0.05) is 51.2 Å². The highest BCUT2D eigenvalue weighted by Gasteiger charge is 2.53. The maximum atomic E-state index is 14.6. The first kappa shape index (κ1) is 57.6. The molecule has 396 valence electrons. The maximum absolute atomic E-state index is 14.6. The largest absolute Gasteiger partial charge is 0.459 e. The highest BCUT2D eigenvalue weighted by molar-refractivity contribution is 5.75. The average molecular weight is 987 g/mol. The molecule has 0 spiro atoms. The highest BCUT2D eigenvalue weighted by Crippen LogP contribution is 2.40. The van der Waals surface area contributed by atoms with Crippen LogP contribution in [0, 0.1) is 17.8 Å². The molecule has 70 heavy (non-hydrogen) atoms. The van der Waals surface area contributed by atoms with Crippen LogP contribution in [0.1, 0.15) is 112 Å². The lowest BCUT2D eigenvalue weighted by molar-refractivity contribution is -0.318. The van der Waals surface area contributed by atoms with Crippen molar-refractivity contribution < 1.29 is 63.5 Å². The Kier molecular flexibility index (Phi) is 20.3. The van der Waals surface area contributed by atoms with E-state index in [9.17, 15) is 35.1 Å². The zero-order valence-corrected chi connectivity index (χ0v) is 43.9. The number of methoxy groups -OCH3 is 1. The van der Waals surface area contributed by atoms with Crippen LogP contribution in [-0.2, 0) is 33.2 Å². The van der Waals surface area contributed by atoms with E-state index in [2.05, 4.69) is 10.6 Å². The van der Waals surface area contributed by atoms with Crippen molar-refractivity contribution in [2.75, 3.05) is 40.8 Å². The molecule has 0 radical (unpaired) electrons. The Morgan fingerprint density at radius 3 is 2.04 bits per heavy atom. The number of nitrogens with zero attached hydrogens (tertiary/aromatic N) is 2. The fourth-order valence-corrected chi connectivity index (χ4v) is 11.0. The summed E-state index contributed by atoms with van der Waals surface area (Å²) in [4.78, 5) is 32.1. The van der Waals surface area contributed by atoms with Crippen molar-refractivity contribution in [3.05, 3.63) is 71.8 Å². The quantitative estimate of drug-likeness (QED) is 0.139. The van der Waals surface area contributed by atoms with Crippen molar-refractivity contribution >= 4 is 12.0 Å². The molecule has 17 heteroatoms. The predicted octanol–water partition coefficient (Wildman–Crippen LogP) is 4.36. The second-order valence-corrected chi connectivity index (χ2v) is 21.4. The standard InChI is InChI=1S/C53H86N4O13/c1-14-40-53(10,64)45(59)35(6)57(26-25-54-50(62)55-42(37-21-17-15-18-22-37)38-23-19-16-20-24-38)30-31(2)28-51(8,63)47(70-49-43(58)39(56(11)12)27-32(3)66-49)33(4)44(34(5)48(61)68-40)69-41-29-52(9,65-13)46(60)36(7)67-41/h15-24,31-36,39-47,49,58-60,63-64H,14,25-30H2,1-13H3,(H2,54,55,62)/t31-,32-,33-,34-,35-,36+,39+,40-,41-,43-,44-,45-,46+,47+,49+,51-,52-,53-/m1/s1. The van der Waals surface area contributed by atoms with E-state index in [0.717, 1.165) is 11.1 Å². The Morgan fingerprint density at radius 1 is 0.886 bits per heavy atom. The van der Waals surface area contributed by atoms with Gasteiger partial charge >= 0.3 is 12.0 Å². The highest BCUT2D eigenvalue weighted by atomic mass is 16.7. The molecule has 5 rings (SSSR count). The Morgan fingerprint density at radius 2 is 1.49 bits per heavy atom. The number of esters is 1. The number of nitrogens with one attached hydrogen (secondary N) is 2. The van der Waals surface area contributed by atoms with Crippen molar-refractivity contribution in [2.45, 2.75) is 191 Å². The third kappa shape index (κ3) is 13.8. The topological polar surface area (TPSA) is 221 Å². The van der Waals surface area contributed by atoms with Crippen molar-refractivity contribution in [1.82, 2.24) is 20.4 Å². The van der Waals surface area contributed by atoms with Crippen molar-refractivity contribution in [3.8, 4) is 0 Å². The summed E-state index contributed by atoms with van der Waals surface area (Å²) in [6.45, 7) is 18.1. The van der Waals surface area contributed by atoms with Crippen molar-refractivity contribution in [2.24, 2.45) is 17.8 Å². The zero-order valence-electron chi connectivity index (χ0n) is 43.9. The molecule has 3 aliphatic heterocycles. The smallest absolute Gasteiger partial charge is 0.315 e. The minimum Gasteiger partial charge on any atom is -0.459 e. The van der Waals surface area contributed by atoms with E-state index in [1.807, 2.05) is 98.4 Å². The summed E-state index contributed by atoms with van der Waals surface area (Å²) in [7, 11) is 5.25. The van der Waals surface area contributed by atoms with E-state index in [-0.39, 0.29) is 57.0 Å². The number of likely N-dealkylation sites (N-methyl/N-ethyl adjacent to an activating group) is 1. The molecular weight excluding hydrogens is 901 g/mol. The molecule has 0 bridgehead atoms. The second-order valence-electron chi connectivity index (χ2n) is 21.4. The summed E-state index contributed by atoms with van der Waals surface area (Å²) >= 11 is 0. The number of aliphatic hydroxyl groups is 5. The fraction of sp³-hybridized carbons (Fsp3) is 0.736. The molecule has 18 atom stereocenters. The molecule has 0 unspecified atom stereocenters. The second kappa shape index (κ2) is 24.6. The van der Waals surface area contributed by atoms with Gasteiger partial charge in [-0.25, -0.2) is 4.79 Å². The maximum Gasteiger partial charge on any atom is 0.315 e. The van der Waals surface area contributed by atoms with Gasteiger partial charge in [0.25, 0.3) is 0 Å². The minimum atomic E-state index is -1.96. The number of urea groups is 1. The van der Waals surface area contributed by atoms with Crippen LogP contribution in [-0.4, -0.2) is 178 Å². The number of hydrogen-bond donors (Lipinski definition) is 7. The van der Waals surface area contributed by atoms with Crippen LogP contribution in [0.2, 0.25) is 0 Å². The van der Waals surface area contributed by atoms with Crippen LogP contribution in [0.15, 0.2) is 60.7 Å². The predicted molar refractivity (Wildman–Crippen MR) is 264 cm³/mol. The van der Waals surface area contributed by atoms with Crippen LogP contribution >= 0.6 is 0 Å². The van der Waals surface area contributed by atoms with Gasteiger partial charge in [-0.05, 0) is 98.9 Å². The Balaban J connectivity index is 1.51. The number of amides is 2. The van der Waals surface area contributed by atoms with Crippen LogP contribution < -0.4 is 10.6 Å². The number of benzene rings is 2. The molecule has 2 aromatic carbocycles. The molecule has 17 nitrogen and oxygen atoms in total. The van der Waals surface area contributed by atoms with Crippen LogP contribution in [0.25, 0.3) is 0 Å². The van der Waals surface area contributed by atoms with Crippen LogP contribution in [0.3, 0.4) is 0 Å². The molecule has 3 aliphatic rings. The van der Waals surface area contributed by atoms with Gasteiger partial charge in [0.2, 0.25) is 0 Å². The third-order valence-electron chi connectivity index (χ3n) is 15.3. The molecule has 3 heterocycles. The molecular formula is C53H86N4O13. The van der Waals surface area contributed by atoms with E-state index < -0.39 is 108 Å². The molecule has 0 saturated carbocycles. The molecule has 3 fully saturated rings. The number of hydrogen-bond acceptors (Lipinski definition) is 15. The van der Waals surface area contributed by atoms with Crippen molar-refractivity contribution in [3.63, 3.8) is 0 Å².